The van der Waals surface area contributed by atoms with E-state index < -0.39 is 5.60 Å². The lowest BCUT2D eigenvalue weighted by Crippen LogP contribution is -2.36. The molecule has 0 atom stereocenters. The molecule has 0 aliphatic carbocycles. The first-order chi connectivity index (χ1) is 23.4. The van der Waals surface area contributed by atoms with Crippen LogP contribution in [0.1, 0.15) is 20.8 Å². The number of halogens is 1. The van der Waals surface area contributed by atoms with E-state index >= 15 is 0 Å². The summed E-state index contributed by atoms with van der Waals surface area (Å²) in [7, 11) is 1.68. The van der Waals surface area contributed by atoms with Gasteiger partial charge in [0.2, 0.25) is 0 Å². The van der Waals surface area contributed by atoms with E-state index in [1.807, 2.05) is 20.8 Å². The van der Waals surface area contributed by atoms with Crippen LogP contribution in [-0.4, -0.2) is 194 Å². The van der Waals surface area contributed by atoms with Gasteiger partial charge in [0.1, 0.15) is 5.60 Å². The number of amides is 1. The molecule has 0 fully saturated rings. The zero-order valence-corrected chi connectivity index (χ0v) is 31.5. The van der Waals surface area contributed by atoms with Gasteiger partial charge in [-0.25, -0.2) is 4.79 Å². The van der Waals surface area contributed by atoms with Crippen LogP contribution in [0.4, 0.5) is 4.79 Å². The van der Waals surface area contributed by atoms with Crippen molar-refractivity contribution in [3.63, 3.8) is 0 Å². The second-order valence-corrected chi connectivity index (χ2v) is 11.7. The second-order valence-electron chi connectivity index (χ2n) is 10.9. The van der Waals surface area contributed by atoms with E-state index in [9.17, 15) is 4.79 Å². The van der Waals surface area contributed by atoms with Crippen LogP contribution in [-0.2, 0) is 61.6 Å². The summed E-state index contributed by atoms with van der Waals surface area (Å²) in [5, 5.41) is 0.834. The summed E-state index contributed by atoms with van der Waals surface area (Å²) < 4.78 is 70.7. The maximum atomic E-state index is 11.9. The predicted molar refractivity (Wildman–Crippen MR) is 182 cm³/mol. The molecule has 0 N–H and O–H groups in total. The molecule has 0 bridgehead atoms. The van der Waals surface area contributed by atoms with Gasteiger partial charge in [0.05, 0.1) is 159 Å². The van der Waals surface area contributed by atoms with Crippen LogP contribution in [0, 0.1) is 0 Å². The number of carbonyl (C=O) groups excluding carboxylic acids is 1. The molecule has 16 heteroatoms. The van der Waals surface area contributed by atoms with Crippen molar-refractivity contribution >= 4 is 22.0 Å². The van der Waals surface area contributed by atoms with Gasteiger partial charge in [0, 0.05) is 18.9 Å². The summed E-state index contributed by atoms with van der Waals surface area (Å²) >= 11 is 3.30. The molecule has 288 valence electrons. The number of hydrogen-bond donors (Lipinski definition) is 0. The monoisotopic (exact) mass is 765 g/mol. The van der Waals surface area contributed by atoms with Gasteiger partial charge in [-0.05, 0) is 20.8 Å². The standard InChI is InChI=1S/C32H64BrNO14/c1-32(2,3)48-31(35)34(4)6-8-37-10-12-39-14-16-41-18-20-43-22-24-45-26-28-47-30-29-46-27-25-44-23-21-42-19-17-40-15-13-38-11-9-36-7-5-33/h5-30H2,1-4H3. The maximum absolute atomic E-state index is 11.9. The average molecular weight is 767 g/mol. The quantitative estimate of drug-likeness (QED) is 0.0672. The minimum Gasteiger partial charge on any atom is -0.444 e. The Kier molecular flexibility index (Phi) is 37.0. The summed E-state index contributed by atoms with van der Waals surface area (Å²) in [6.07, 6.45) is -0.365. The van der Waals surface area contributed by atoms with Crippen molar-refractivity contribution < 1.29 is 66.4 Å². The molecule has 0 aliphatic heterocycles. The van der Waals surface area contributed by atoms with Gasteiger partial charge in [-0.3, -0.25) is 0 Å². The molecule has 0 spiro atoms. The lowest BCUT2D eigenvalue weighted by Gasteiger charge is -2.24. The molecule has 0 heterocycles. The highest BCUT2D eigenvalue weighted by Gasteiger charge is 2.19. The van der Waals surface area contributed by atoms with Crippen molar-refractivity contribution in [2.45, 2.75) is 26.4 Å². The lowest BCUT2D eigenvalue weighted by atomic mass is 10.2. The fourth-order valence-corrected chi connectivity index (χ4v) is 3.44. The van der Waals surface area contributed by atoms with E-state index in [1.54, 1.807) is 7.05 Å². The summed E-state index contributed by atoms with van der Waals surface area (Å²) in [4.78, 5) is 13.3. The molecule has 0 aromatic rings. The third kappa shape index (κ3) is 39.7. The van der Waals surface area contributed by atoms with Gasteiger partial charge in [-0.1, -0.05) is 15.9 Å². The van der Waals surface area contributed by atoms with E-state index in [4.69, 9.17) is 61.6 Å². The Hall–Kier alpha value is -0.730. The van der Waals surface area contributed by atoms with Crippen LogP contribution in [0.5, 0.6) is 0 Å². The third-order valence-corrected chi connectivity index (χ3v) is 5.91. The predicted octanol–water partition coefficient (Wildman–Crippen LogP) is 2.45. The number of alkyl halides is 1. The highest BCUT2D eigenvalue weighted by atomic mass is 79.9. The Labute approximate surface area is 296 Å². The van der Waals surface area contributed by atoms with Gasteiger partial charge >= 0.3 is 6.09 Å². The Morgan fingerprint density at radius 1 is 0.417 bits per heavy atom. The van der Waals surface area contributed by atoms with Crippen LogP contribution >= 0.6 is 15.9 Å². The van der Waals surface area contributed by atoms with Gasteiger partial charge in [0.15, 0.2) is 0 Å². The molecular formula is C32H64BrNO14. The van der Waals surface area contributed by atoms with Crippen LogP contribution in [0.2, 0.25) is 0 Å². The molecule has 48 heavy (non-hydrogen) atoms. The Morgan fingerprint density at radius 2 is 0.625 bits per heavy atom. The zero-order chi connectivity index (χ0) is 35.2. The molecular weight excluding hydrogens is 702 g/mol. The van der Waals surface area contributed by atoms with Crippen LogP contribution in [0.15, 0.2) is 0 Å². The second kappa shape index (κ2) is 37.5. The van der Waals surface area contributed by atoms with Crippen molar-refractivity contribution in [2.75, 3.05) is 177 Å². The molecule has 1 amide bonds. The molecule has 0 radical (unpaired) electrons. The smallest absolute Gasteiger partial charge is 0.410 e. The summed E-state index contributed by atoms with van der Waals surface area (Å²) in [5.41, 5.74) is -0.510. The minimum absolute atomic E-state index is 0.365. The van der Waals surface area contributed by atoms with Crippen molar-refractivity contribution in [3.8, 4) is 0 Å². The highest BCUT2D eigenvalue weighted by Crippen LogP contribution is 2.08. The van der Waals surface area contributed by atoms with Crippen molar-refractivity contribution in [1.82, 2.24) is 4.90 Å². The average Bonchev–Trinajstić information content (AvgIpc) is 3.05. The summed E-state index contributed by atoms with van der Waals surface area (Å²) in [6.45, 7) is 18.2. The SMILES string of the molecule is CN(CCOCCOCCOCCOCCOCCOCCOCCOCCOCCOCCOCCOCCBr)C(=O)OC(C)(C)C. The van der Waals surface area contributed by atoms with E-state index in [2.05, 4.69) is 15.9 Å². The first-order valence-electron chi connectivity index (χ1n) is 16.8. The fraction of sp³-hybridized carbons (Fsp3) is 0.969. The van der Waals surface area contributed by atoms with Crippen LogP contribution in [0.25, 0.3) is 0 Å². The van der Waals surface area contributed by atoms with Gasteiger partial charge in [-0.2, -0.15) is 0 Å². The molecule has 0 unspecified atom stereocenters. The van der Waals surface area contributed by atoms with Gasteiger partial charge < -0.3 is 66.5 Å². The Bertz CT molecular complexity index is 663. The molecule has 0 saturated carbocycles. The van der Waals surface area contributed by atoms with Gasteiger partial charge in [0.25, 0.3) is 0 Å². The first kappa shape index (κ1) is 47.3. The maximum Gasteiger partial charge on any atom is 0.410 e. The lowest BCUT2D eigenvalue weighted by molar-refractivity contribution is -0.0284. The van der Waals surface area contributed by atoms with E-state index in [0.29, 0.717) is 165 Å². The highest BCUT2D eigenvalue weighted by molar-refractivity contribution is 9.09. The van der Waals surface area contributed by atoms with Crippen LogP contribution in [0.3, 0.4) is 0 Å². The topological polar surface area (TPSA) is 140 Å². The zero-order valence-electron chi connectivity index (χ0n) is 29.9. The van der Waals surface area contributed by atoms with E-state index in [1.165, 1.54) is 4.90 Å². The number of rotatable bonds is 38. The molecule has 0 aliphatic rings. The normalized spacial score (nSPS) is 11.8. The number of likely N-dealkylation sites (N-methyl/N-ethyl adjacent to an activating group) is 1. The number of nitrogens with zero attached hydrogens (tertiary/aromatic N) is 1. The fourth-order valence-electron chi connectivity index (χ4n) is 3.21. The van der Waals surface area contributed by atoms with Crippen molar-refractivity contribution in [3.05, 3.63) is 0 Å². The third-order valence-electron chi connectivity index (χ3n) is 5.59. The largest absolute Gasteiger partial charge is 0.444 e. The first-order valence-corrected chi connectivity index (χ1v) is 17.9. The van der Waals surface area contributed by atoms with E-state index in [0.717, 1.165) is 5.33 Å². The Morgan fingerprint density at radius 3 is 0.833 bits per heavy atom. The van der Waals surface area contributed by atoms with Crippen molar-refractivity contribution in [1.29, 1.82) is 0 Å². The van der Waals surface area contributed by atoms with Crippen molar-refractivity contribution in [2.24, 2.45) is 0 Å². The molecule has 15 nitrogen and oxygen atoms in total. The number of hydrogen-bond acceptors (Lipinski definition) is 14. The van der Waals surface area contributed by atoms with Gasteiger partial charge in [-0.15, -0.1) is 0 Å². The number of ether oxygens (including phenoxy) is 13. The summed E-state index contributed by atoms with van der Waals surface area (Å²) in [5.74, 6) is 0. The Balaban J connectivity index is 3.13. The summed E-state index contributed by atoms with van der Waals surface area (Å²) in [6, 6.07) is 0. The minimum atomic E-state index is -0.510. The van der Waals surface area contributed by atoms with Crippen LogP contribution < -0.4 is 0 Å². The van der Waals surface area contributed by atoms with E-state index in [-0.39, 0.29) is 6.09 Å². The molecule has 0 aromatic heterocycles. The molecule has 0 aromatic carbocycles. The molecule has 0 rings (SSSR count). The number of carbonyl (C=O) groups is 1. The molecule has 0 saturated heterocycles.